The second kappa shape index (κ2) is 7.95. The molecule has 0 aliphatic carbocycles. The molecule has 2 aromatic heterocycles. The highest BCUT2D eigenvalue weighted by Gasteiger charge is 2.16. The topological polar surface area (TPSA) is 55.7 Å². The summed E-state index contributed by atoms with van der Waals surface area (Å²) < 4.78 is 5.38. The van der Waals surface area contributed by atoms with Gasteiger partial charge in [-0.2, -0.15) is 0 Å². The molecule has 1 amide bonds. The van der Waals surface area contributed by atoms with Crippen LogP contribution >= 0.6 is 11.3 Å². The number of hydrogen-bond donors (Lipinski definition) is 2. The van der Waals surface area contributed by atoms with Crippen molar-refractivity contribution < 1.29 is 14.4 Å². The Labute approximate surface area is 156 Å². The minimum atomic E-state index is -0.0333. The van der Waals surface area contributed by atoms with Crippen LogP contribution in [0.5, 0.6) is 0 Å². The average molecular weight is 368 g/mol. The molecule has 0 bridgehead atoms. The number of fused-ring (bicyclic) bond motifs is 1. The van der Waals surface area contributed by atoms with E-state index in [2.05, 4.69) is 5.32 Å². The molecule has 0 atom stereocenters. The molecule has 4 rings (SSSR count). The molecule has 1 aromatic carbocycles. The van der Waals surface area contributed by atoms with Crippen molar-refractivity contribution >= 4 is 28.1 Å². The number of morpholine rings is 1. The van der Waals surface area contributed by atoms with E-state index in [1.165, 1.54) is 4.90 Å². The van der Waals surface area contributed by atoms with E-state index >= 15 is 0 Å². The summed E-state index contributed by atoms with van der Waals surface area (Å²) in [6.45, 7) is 5.23. The van der Waals surface area contributed by atoms with Crippen LogP contribution < -0.4 is 10.2 Å². The Hall–Kier alpha value is -2.28. The summed E-state index contributed by atoms with van der Waals surface area (Å²) in [5.41, 5.74) is 2.39. The lowest BCUT2D eigenvalue weighted by Crippen LogP contribution is -3.14. The number of nitrogens with one attached hydrogen (secondary N) is 2. The lowest BCUT2D eigenvalue weighted by atomic mass is 10.1. The summed E-state index contributed by atoms with van der Waals surface area (Å²) in [6, 6.07) is 13.8. The van der Waals surface area contributed by atoms with Crippen LogP contribution in [0.4, 0.5) is 0 Å². The fraction of sp³-hybridized carbons (Fsp3) is 0.300. The first-order valence-corrected chi connectivity index (χ1v) is 9.82. The molecular formula is C20H22N3O2S+. The van der Waals surface area contributed by atoms with Crippen LogP contribution in [-0.2, 0) is 4.74 Å². The van der Waals surface area contributed by atoms with Gasteiger partial charge >= 0.3 is 0 Å². The number of pyridine rings is 1. The van der Waals surface area contributed by atoms with Crippen LogP contribution in [0.1, 0.15) is 10.4 Å². The molecule has 3 heterocycles. The Morgan fingerprint density at radius 3 is 2.85 bits per heavy atom. The van der Waals surface area contributed by atoms with Crippen molar-refractivity contribution in [3.05, 3.63) is 53.4 Å². The highest BCUT2D eigenvalue weighted by molar-refractivity contribution is 7.13. The number of para-hydroxylation sites is 1. The first kappa shape index (κ1) is 17.1. The van der Waals surface area contributed by atoms with Crippen LogP contribution in [0.25, 0.3) is 21.5 Å². The van der Waals surface area contributed by atoms with Crippen molar-refractivity contribution in [2.75, 3.05) is 39.4 Å². The Morgan fingerprint density at radius 1 is 1.19 bits per heavy atom. The van der Waals surface area contributed by atoms with E-state index in [1.54, 1.807) is 11.3 Å². The molecule has 0 unspecified atom stereocenters. The molecule has 2 N–H and O–H groups in total. The lowest BCUT2D eigenvalue weighted by Gasteiger charge is -2.23. The molecule has 0 spiro atoms. The number of nitrogens with zero attached hydrogens (tertiary/aromatic N) is 1. The number of carbonyl (C=O) groups is 1. The van der Waals surface area contributed by atoms with Crippen molar-refractivity contribution in [2.24, 2.45) is 0 Å². The predicted octanol–water partition coefficient (Wildman–Crippen LogP) is 1.61. The van der Waals surface area contributed by atoms with Gasteiger partial charge in [-0.15, -0.1) is 11.3 Å². The number of hydrogen-bond acceptors (Lipinski definition) is 4. The number of ether oxygens (including phenoxy) is 1. The molecule has 0 radical (unpaired) electrons. The lowest BCUT2D eigenvalue weighted by molar-refractivity contribution is -0.906. The maximum Gasteiger partial charge on any atom is 0.252 e. The van der Waals surface area contributed by atoms with Gasteiger partial charge in [0.1, 0.15) is 13.1 Å². The summed E-state index contributed by atoms with van der Waals surface area (Å²) in [4.78, 5) is 20.1. The molecule has 6 heteroatoms. The van der Waals surface area contributed by atoms with E-state index < -0.39 is 0 Å². The highest BCUT2D eigenvalue weighted by Crippen LogP contribution is 2.27. The highest BCUT2D eigenvalue weighted by atomic mass is 32.1. The Bertz CT molecular complexity index is 889. The molecule has 5 nitrogen and oxygen atoms in total. The quantitative estimate of drug-likeness (QED) is 0.719. The second-order valence-electron chi connectivity index (χ2n) is 6.42. The van der Waals surface area contributed by atoms with Crippen molar-refractivity contribution in [3.8, 4) is 10.6 Å². The maximum atomic E-state index is 12.9. The average Bonchev–Trinajstić information content (AvgIpc) is 3.23. The van der Waals surface area contributed by atoms with Crippen LogP contribution in [0, 0.1) is 0 Å². The zero-order valence-corrected chi connectivity index (χ0v) is 15.3. The summed E-state index contributed by atoms with van der Waals surface area (Å²) in [5.74, 6) is -0.0333. The maximum absolute atomic E-state index is 12.9. The van der Waals surface area contributed by atoms with Crippen LogP contribution in [0.15, 0.2) is 47.8 Å². The molecule has 1 aliphatic heterocycles. The zero-order chi connectivity index (χ0) is 17.8. The van der Waals surface area contributed by atoms with E-state index in [-0.39, 0.29) is 5.91 Å². The van der Waals surface area contributed by atoms with Gasteiger partial charge in [0.05, 0.1) is 48.0 Å². The molecular weight excluding hydrogens is 346 g/mol. The number of thiophene rings is 1. The third-order valence-corrected chi connectivity index (χ3v) is 5.59. The minimum Gasteiger partial charge on any atom is -0.370 e. The Balaban J connectivity index is 1.55. The SMILES string of the molecule is O=C(NCC[NH+]1CCOCC1)c1cc(-c2cccs2)nc2ccccc12. The Morgan fingerprint density at radius 2 is 2.04 bits per heavy atom. The standard InChI is InChI=1S/C20H21N3O2S/c24-20(21-7-8-23-9-11-25-12-10-23)16-14-18(19-6-3-13-26-19)22-17-5-2-1-4-15(16)17/h1-6,13-14H,7-12H2,(H,21,24)/p+1. The number of rotatable bonds is 5. The van der Waals surface area contributed by atoms with Gasteiger partial charge in [0.2, 0.25) is 0 Å². The van der Waals surface area contributed by atoms with Crippen molar-refractivity contribution in [1.82, 2.24) is 10.3 Å². The predicted molar refractivity (Wildman–Crippen MR) is 104 cm³/mol. The first-order chi connectivity index (χ1) is 12.8. The number of amides is 1. The number of aromatic nitrogens is 1. The molecule has 1 saturated heterocycles. The second-order valence-corrected chi connectivity index (χ2v) is 7.37. The molecule has 3 aromatic rings. The van der Waals surface area contributed by atoms with Crippen LogP contribution in [0.2, 0.25) is 0 Å². The van der Waals surface area contributed by atoms with Gasteiger partial charge < -0.3 is 15.0 Å². The largest absolute Gasteiger partial charge is 0.370 e. The fourth-order valence-corrected chi connectivity index (χ4v) is 3.96. The first-order valence-electron chi connectivity index (χ1n) is 8.94. The van der Waals surface area contributed by atoms with Gasteiger partial charge in [-0.1, -0.05) is 24.3 Å². The molecule has 1 aliphatic rings. The van der Waals surface area contributed by atoms with E-state index in [4.69, 9.17) is 9.72 Å². The summed E-state index contributed by atoms with van der Waals surface area (Å²) >= 11 is 1.63. The third kappa shape index (κ3) is 3.77. The summed E-state index contributed by atoms with van der Waals surface area (Å²) in [7, 11) is 0. The number of quaternary nitrogens is 1. The van der Waals surface area contributed by atoms with E-state index in [0.717, 1.165) is 54.3 Å². The van der Waals surface area contributed by atoms with Gasteiger partial charge in [0, 0.05) is 5.39 Å². The fourth-order valence-electron chi connectivity index (χ4n) is 3.27. The number of carbonyl (C=O) groups excluding carboxylic acids is 1. The van der Waals surface area contributed by atoms with Gasteiger partial charge in [-0.05, 0) is 23.6 Å². The monoisotopic (exact) mass is 368 g/mol. The summed E-state index contributed by atoms with van der Waals surface area (Å²) in [6.07, 6.45) is 0. The number of benzene rings is 1. The molecule has 0 saturated carbocycles. The zero-order valence-electron chi connectivity index (χ0n) is 14.5. The smallest absolute Gasteiger partial charge is 0.252 e. The van der Waals surface area contributed by atoms with Gasteiger partial charge in [-0.3, -0.25) is 4.79 Å². The van der Waals surface area contributed by atoms with Crippen LogP contribution in [0.3, 0.4) is 0 Å². The van der Waals surface area contributed by atoms with E-state index in [1.807, 2.05) is 47.8 Å². The van der Waals surface area contributed by atoms with E-state index in [9.17, 15) is 4.79 Å². The minimum absolute atomic E-state index is 0.0333. The van der Waals surface area contributed by atoms with E-state index in [0.29, 0.717) is 12.1 Å². The third-order valence-electron chi connectivity index (χ3n) is 4.70. The van der Waals surface area contributed by atoms with Gasteiger partial charge in [-0.25, -0.2) is 4.98 Å². The normalized spacial score (nSPS) is 15.2. The summed E-state index contributed by atoms with van der Waals surface area (Å²) in [5, 5.41) is 6.00. The molecule has 134 valence electrons. The van der Waals surface area contributed by atoms with Crippen molar-refractivity contribution in [2.45, 2.75) is 0 Å². The Kier molecular flexibility index (Phi) is 5.24. The van der Waals surface area contributed by atoms with Gasteiger partial charge in [0.15, 0.2) is 0 Å². The van der Waals surface area contributed by atoms with Crippen molar-refractivity contribution in [1.29, 1.82) is 0 Å². The van der Waals surface area contributed by atoms with Crippen LogP contribution in [-0.4, -0.2) is 50.3 Å². The molecule has 1 fully saturated rings. The molecule has 26 heavy (non-hydrogen) atoms. The van der Waals surface area contributed by atoms with Gasteiger partial charge in [0.25, 0.3) is 5.91 Å². The van der Waals surface area contributed by atoms with Crippen molar-refractivity contribution in [3.63, 3.8) is 0 Å².